The van der Waals surface area contributed by atoms with Crippen molar-refractivity contribution in [3.8, 4) is 17.2 Å². The van der Waals surface area contributed by atoms with Crippen LogP contribution in [0.2, 0.25) is 0 Å². The highest BCUT2D eigenvalue weighted by Gasteiger charge is 2.28. The zero-order chi connectivity index (χ0) is 20.4. The van der Waals surface area contributed by atoms with E-state index in [0.717, 1.165) is 23.2 Å². The molecule has 2 aromatic carbocycles. The second kappa shape index (κ2) is 7.87. The number of hydrogen-bond acceptors (Lipinski definition) is 6. The molecule has 7 heteroatoms. The molecule has 1 aliphatic heterocycles. The maximum absolute atomic E-state index is 5.71. The fraction of sp³-hybridized carbons (Fsp3) is 0.273. The van der Waals surface area contributed by atoms with Crippen LogP contribution in [0.5, 0.6) is 17.2 Å². The molecule has 1 N–H and O–H groups in total. The minimum atomic E-state index is -0.218. The van der Waals surface area contributed by atoms with Crippen molar-refractivity contribution >= 4 is 11.6 Å². The SMILES string of the molecule is CCc1ccc(C2=C[C@@H](c3ccc(OC)c(OC)c3OC)n3ncnc3N2)cc1. The topological polar surface area (TPSA) is 70.4 Å². The van der Waals surface area contributed by atoms with Crippen molar-refractivity contribution in [3.05, 3.63) is 65.5 Å². The van der Waals surface area contributed by atoms with Gasteiger partial charge in [0.15, 0.2) is 11.5 Å². The van der Waals surface area contributed by atoms with Gasteiger partial charge in [0, 0.05) is 11.3 Å². The average Bonchev–Trinajstić information content (AvgIpc) is 3.26. The molecule has 0 radical (unpaired) electrons. The molecule has 0 spiro atoms. The fourth-order valence-electron chi connectivity index (χ4n) is 3.60. The van der Waals surface area contributed by atoms with E-state index in [4.69, 9.17) is 14.2 Å². The van der Waals surface area contributed by atoms with E-state index in [1.807, 2.05) is 16.8 Å². The van der Waals surface area contributed by atoms with E-state index in [0.29, 0.717) is 23.2 Å². The second-order valence-electron chi connectivity index (χ2n) is 6.65. The van der Waals surface area contributed by atoms with Crippen LogP contribution in [0, 0.1) is 0 Å². The Kier molecular flexibility index (Phi) is 5.12. The highest BCUT2D eigenvalue weighted by Crippen LogP contribution is 2.45. The van der Waals surface area contributed by atoms with Crippen LogP contribution in [-0.4, -0.2) is 36.1 Å². The summed E-state index contributed by atoms with van der Waals surface area (Å²) in [6.45, 7) is 2.15. The van der Waals surface area contributed by atoms with E-state index in [-0.39, 0.29) is 6.04 Å². The van der Waals surface area contributed by atoms with E-state index < -0.39 is 0 Å². The van der Waals surface area contributed by atoms with Crippen LogP contribution < -0.4 is 19.5 Å². The summed E-state index contributed by atoms with van der Waals surface area (Å²) in [5.74, 6) is 2.44. The lowest BCUT2D eigenvalue weighted by Gasteiger charge is -2.26. The smallest absolute Gasteiger partial charge is 0.226 e. The van der Waals surface area contributed by atoms with Crippen LogP contribution in [0.1, 0.15) is 29.7 Å². The van der Waals surface area contributed by atoms with Gasteiger partial charge in [-0.1, -0.05) is 31.2 Å². The number of allylic oxidation sites excluding steroid dienone is 1. The summed E-state index contributed by atoms with van der Waals surface area (Å²) in [6, 6.07) is 12.1. The van der Waals surface area contributed by atoms with Crippen molar-refractivity contribution < 1.29 is 14.2 Å². The monoisotopic (exact) mass is 392 g/mol. The molecular weight excluding hydrogens is 368 g/mol. The minimum Gasteiger partial charge on any atom is -0.493 e. The molecule has 4 rings (SSSR count). The molecule has 0 fully saturated rings. The molecule has 2 heterocycles. The number of methoxy groups -OCH3 is 3. The number of benzene rings is 2. The standard InChI is InChI=1S/C22H24N4O3/c1-5-14-6-8-15(9-7-14)17-12-18(26-22(25-17)23-13-24-26)16-10-11-19(27-2)21(29-4)20(16)28-3/h6-13,18H,5H2,1-4H3,(H,23,24,25)/t18-/m0/s1. The minimum absolute atomic E-state index is 0.218. The summed E-state index contributed by atoms with van der Waals surface area (Å²) in [4.78, 5) is 4.38. The first-order valence-corrected chi connectivity index (χ1v) is 9.46. The van der Waals surface area contributed by atoms with E-state index in [2.05, 4.69) is 52.7 Å². The maximum Gasteiger partial charge on any atom is 0.226 e. The first-order chi connectivity index (χ1) is 14.2. The van der Waals surface area contributed by atoms with Gasteiger partial charge in [0.05, 0.1) is 21.3 Å². The molecule has 7 nitrogen and oxygen atoms in total. The van der Waals surface area contributed by atoms with Crippen molar-refractivity contribution in [3.63, 3.8) is 0 Å². The molecular formula is C22H24N4O3. The lowest BCUT2D eigenvalue weighted by molar-refractivity contribution is 0.320. The normalized spacial score (nSPS) is 15.2. The Balaban J connectivity index is 1.84. The van der Waals surface area contributed by atoms with Crippen molar-refractivity contribution in [2.45, 2.75) is 19.4 Å². The van der Waals surface area contributed by atoms with Gasteiger partial charge in [0.1, 0.15) is 12.4 Å². The van der Waals surface area contributed by atoms with Crippen molar-refractivity contribution in [2.24, 2.45) is 0 Å². The highest BCUT2D eigenvalue weighted by molar-refractivity contribution is 5.77. The largest absolute Gasteiger partial charge is 0.493 e. The predicted molar refractivity (Wildman–Crippen MR) is 112 cm³/mol. The molecule has 0 unspecified atom stereocenters. The zero-order valence-electron chi connectivity index (χ0n) is 17.0. The van der Waals surface area contributed by atoms with Crippen LogP contribution in [0.15, 0.2) is 48.8 Å². The number of fused-ring (bicyclic) bond motifs is 1. The van der Waals surface area contributed by atoms with Gasteiger partial charge in [-0.15, -0.1) is 0 Å². The fourth-order valence-corrected chi connectivity index (χ4v) is 3.60. The van der Waals surface area contributed by atoms with Crippen LogP contribution >= 0.6 is 0 Å². The first kappa shape index (κ1) is 18.9. The lowest BCUT2D eigenvalue weighted by atomic mass is 9.99. The van der Waals surface area contributed by atoms with Gasteiger partial charge >= 0.3 is 0 Å². The Morgan fingerprint density at radius 3 is 2.38 bits per heavy atom. The summed E-state index contributed by atoms with van der Waals surface area (Å²) in [5.41, 5.74) is 4.25. The Hall–Kier alpha value is -3.48. The number of nitrogens with zero attached hydrogens (tertiary/aromatic N) is 3. The lowest BCUT2D eigenvalue weighted by Crippen LogP contribution is -2.21. The molecule has 1 atom stereocenters. The molecule has 29 heavy (non-hydrogen) atoms. The van der Waals surface area contributed by atoms with E-state index in [1.165, 1.54) is 5.56 Å². The number of aromatic nitrogens is 3. The predicted octanol–water partition coefficient (Wildman–Crippen LogP) is 3.92. The van der Waals surface area contributed by atoms with Gasteiger partial charge < -0.3 is 19.5 Å². The third kappa shape index (κ3) is 3.29. The Labute approximate surface area is 169 Å². The average molecular weight is 392 g/mol. The van der Waals surface area contributed by atoms with Crippen LogP contribution in [0.25, 0.3) is 5.70 Å². The summed E-state index contributed by atoms with van der Waals surface area (Å²) in [6.07, 6.45) is 4.67. The summed E-state index contributed by atoms with van der Waals surface area (Å²) in [5, 5.41) is 7.79. The third-order valence-electron chi connectivity index (χ3n) is 5.13. The van der Waals surface area contributed by atoms with E-state index >= 15 is 0 Å². The molecule has 0 amide bonds. The number of anilines is 1. The highest BCUT2D eigenvalue weighted by atomic mass is 16.5. The van der Waals surface area contributed by atoms with Crippen molar-refractivity contribution in [1.29, 1.82) is 0 Å². The van der Waals surface area contributed by atoms with Crippen molar-refractivity contribution in [2.75, 3.05) is 26.6 Å². The zero-order valence-corrected chi connectivity index (χ0v) is 17.0. The third-order valence-corrected chi connectivity index (χ3v) is 5.13. The van der Waals surface area contributed by atoms with Gasteiger partial charge in [-0.05, 0) is 35.8 Å². The number of aryl methyl sites for hydroxylation is 1. The van der Waals surface area contributed by atoms with Gasteiger partial charge in [0.2, 0.25) is 11.7 Å². The van der Waals surface area contributed by atoms with Crippen LogP contribution in [0.4, 0.5) is 5.95 Å². The van der Waals surface area contributed by atoms with Crippen LogP contribution in [0.3, 0.4) is 0 Å². The molecule has 3 aromatic rings. The van der Waals surface area contributed by atoms with Gasteiger partial charge in [0.25, 0.3) is 0 Å². The van der Waals surface area contributed by atoms with Gasteiger partial charge in [-0.25, -0.2) is 4.68 Å². The molecule has 150 valence electrons. The van der Waals surface area contributed by atoms with Gasteiger partial charge in [-0.2, -0.15) is 10.1 Å². The van der Waals surface area contributed by atoms with Crippen molar-refractivity contribution in [1.82, 2.24) is 14.8 Å². The maximum atomic E-state index is 5.71. The summed E-state index contributed by atoms with van der Waals surface area (Å²) >= 11 is 0. The van der Waals surface area contributed by atoms with E-state index in [9.17, 15) is 0 Å². The summed E-state index contributed by atoms with van der Waals surface area (Å²) in [7, 11) is 4.83. The Morgan fingerprint density at radius 2 is 1.72 bits per heavy atom. The first-order valence-electron chi connectivity index (χ1n) is 9.46. The number of rotatable bonds is 6. The number of nitrogens with one attached hydrogen (secondary N) is 1. The Morgan fingerprint density at radius 1 is 0.966 bits per heavy atom. The molecule has 1 aliphatic rings. The van der Waals surface area contributed by atoms with Crippen LogP contribution in [-0.2, 0) is 6.42 Å². The number of ether oxygens (including phenoxy) is 3. The summed E-state index contributed by atoms with van der Waals surface area (Å²) < 4.78 is 18.5. The molecule has 0 bridgehead atoms. The quantitative estimate of drug-likeness (QED) is 0.686. The molecule has 1 aromatic heterocycles. The molecule has 0 saturated heterocycles. The number of hydrogen-bond donors (Lipinski definition) is 1. The second-order valence-corrected chi connectivity index (χ2v) is 6.65. The molecule has 0 saturated carbocycles. The van der Waals surface area contributed by atoms with Gasteiger partial charge in [-0.3, -0.25) is 0 Å². The van der Waals surface area contributed by atoms with E-state index in [1.54, 1.807) is 27.7 Å². The molecule has 0 aliphatic carbocycles. The Bertz CT molecular complexity index is 1040.